The van der Waals surface area contributed by atoms with Crippen LogP contribution in [0, 0.1) is 0 Å². The maximum Gasteiger partial charge on any atom is 0.172 e. The Morgan fingerprint density at radius 2 is 0.586 bits per heavy atom. The van der Waals surface area contributed by atoms with Gasteiger partial charge in [0, 0.05) is 0 Å². The third-order valence-electron chi connectivity index (χ3n) is 5.07. The van der Waals surface area contributed by atoms with Crippen molar-refractivity contribution in [2.45, 2.75) is 10.5 Å². The maximum absolute atomic E-state index is 14.2. The summed E-state index contributed by atoms with van der Waals surface area (Å²) in [5.74, 6) is 0. The fraction of sp³-hybridized carbons (Fsp3) is 0.0769. The zero-order chi connectivity index (χ0) is 20.1. The second-order valence-electron chi connectivity index (χ2n) is 6.99. The van der Waals surface area contributed by atoms with E-state index in [9.17, 15) is 8.42 Å². The van der Waals surface area contributed by atoms with E-state index in [-0.39, 0.29) is 0 Å². The minimum absolute atomic E-state index is 0.754. The Hall–Kier alpha value is -3.17. The van der Waals surface area contributed by atoms with Gasteiger partial charge in [0.05, 0.1) is 0 Å². The first-order valence-electron chi connectivity index (χ1n) is 9.60. The van der Waals surface area contributed by atoms with E-state index in [2.05, 4.69) is 0 Å². The second kappa shape index (κ2) is 8.46. The van der Waals surface area contributed by atoms with E-state index in [0.717, 1.165) is 22.3 Å². The Balaban J connectivity index is 1.94. The highest BCUT2D eigenvalue weighted by Crippen LogP contribution is 2.41. The van der Waals surface area contributed by atoms with E-state index in [1.54, 1.807) is 0 Å². The Kier molecular flexibility index (Phi) is 5.59. The zero-order valence-corrected chi connectivity index (χ0v) is 16.7. The van der Waals surface area contributed by atoms with Crippen LogP contribution in [0.1, 0.15) is 32.8 Å². The molecule has 0 aromatic heterocycles. The molecule has 0 N–H and O–H groups in total. The molecule has 0 aliphatic rings. The normalized spacial score (nSPS) is 11.7. The Bertz CT molecular complexity index is 973. The lowest BCUT2D eigenvalue weighted by Gasteiger charge is -2.26. The third kappa shape index (κ3) is 4.01. The van der Waals surface area contributed by atoms with Gasteiger partial charge in [-0.15, -0.1) is 0 Å². The van der Waals surface area contributed by atoms with Gasteiger partial charge < -0.3 is 0 Å². The first-order chi connectivity index (χ1) is 14.2. The van der Waals surface area contributed by atoms with E-state index >= 15 is 0 Å². The quantitative estimate of drug-likeness (QED) is 0.400. The predicted octanol–water partition coefficient (Wildman–Crippen LogP) is 5.98. The Morgan fingerprint density at radius 1 is 0.379 bits per heavy atom. The highest BCUT2D eigenvalue weighted by atomic mass is 32.2. The van der Waals surface area contributed by atoms with Gasteiger partial charge in [-0.25, -0.2) is 8.42 Å². The van der Waals surface area contributed by atoms with E-state index in [1.807, 2.05) is 121 Å². The summed E-state index contributed by atoms with van der Waals surface area (Å²) in [6.07, 6.45) is 0. The molecule has 3 heteroatoms. The van der Waals surface area contributed by atoms with Crippen LogP contribution in [0.15, 0.2) is 121 Å². The lowest BCUT2D eigenvalue weighted by molar-refractivity contribution is 0.582. The van der Waals surface area contributed by atoms with Gasteiger partial charge in [0.2, 0.25) is 0 Å². The summed E-state index contributed by atoms with van der Waals surface area (Å²) < 4.78 is 28.5. The number of hydrogen-bond acceptors (Lipinski definition) is 2. The molecule has 0 fully saturated rings. The smallest absolute Gasteiger partial charge is 0.172 e. The van der Waals surface area contributed by atoms with Crippen molar-refractivity contribution in [3.05, 3.63) is 144 Å². The summed E-state index contributed by atoms with van der Waals surface area (Å²) in [4.78, 5) is 0. The average Bonchev–Trinajstić information content (AvgIpc) is 2.77. The van der Waals surface area contributed by atoms with Gasteiger partial charge in [-0.1, -0.05) is 121 Å². The van der Waals surface area contributed by atoms with Crippen LogP contribution in [-0.2, 0) is 9.84 Å². The van der Waals surface area contributed by atoms with Crippen molar-refractivity contribution >= 4 is 9.84 Å². The van der Waals surface area contributed by atoms with Crippen LogP contribution < -0.4 is 0 Å². The summed E-state index contributed by atoms with van der Waals surface area (Å²) in [6, 6.07) is 37.9. The number of hydrogen-bond donors (Lipinski definition) is 0. The first-order valence-corrected chi connectivity index (χ1v) is 11.2. The second-order valence-corrected chi connectivity index (χ2v) is 9.11. The fourth-order valence-electron chi connectivity index (χ4n) is 3.79. The van der Waals surface area contributed by atoms with Gasteiger partial charge in [0.25, 0.3) is 0 Å². The van der Waals surface area contributed by atoms with Crippen molar-refractivity contribution in [1.82, 2.24) is 0 Å². The van der Waals surface area contributed by atoms with Gasteiger partial charge in [0.15, 0.2) is 9.84 Å². The topological polar surface area (TPSA) is 34.1 Å². The molecule has 2 nitrogen and oxygen atoms in total. The van der Waals surface area contributed by atoms with Crippen molar-refractivity contribution in [3.63, 3.8) is 0 Å². The van der Waals surface area contributed by atoms with Crippen molar-refractivity contribution in [2.75, 3.05) is 0 Å². The molecule has 144 valence electrons. The minimum atomic E-state index is -3.68. The van der Waals surface area contributed by atoms with E-state index in [1.165, 1.54) is 0 Å². The molecule has 0 bridgehead atoms. The molecule has 0 spiro atoms. The predicted molar refractivity (Wildman–Crippen MR) is 118 cm³/mol. The monoisotopic (exact) mass is 398 g/mol. The van der Waals surface area contributed by atoms with Crippen molar-refractivity contribution in [1.29, 1.82) is 0 Å². The molecule has 29 heavy (non-hydrogen) atoms. The highest BCUT2D eigenvalue weighted by molar-refractivity contribution is 7.92. The molecule has 4 aromatic carbocycles. The molecule has 0 aliphatic heterocycles. The van der Waals surface area contributed by atoms with Gasteiger partial charge in [-0.2, -0.15) is 0 Å². The molecule has 0 radical (unpaired) electrons. The van der Waals surface area contributed by atoms with Crippen molar-refractivity contribution < 1.29 is 8.42 Å². The fourth-order valence-corrected chi connectivity index (χ4v) is 6.21. The molecule has 0 saturated carbocycles. The summed E-state index contributed by atoms with van der Waals surface area (Å²) in [6.45, 7) is 0. The Labute approximate surface area is 172 Å². The van der Waals surface area contributed by atoms with Crippen LogP contribution >= 0.6 is 0 Å². The van der Waals surface area contributed by atoms with Crippen LogP contribution in [0.3, 0.4) is 0 Å². The number of benzene rings is 4. The van der Waals surface area contributed by atoms with E-state index in [0.29, 0.717) is 0 Å². The van der Waals surface area contributed by atoms with Crippen LogP contribution in [0.4, 0.5) is 0 Å². The maximum atomic E-state index is 14.2. The molecule has 0 amide bonds. The van der Waals surface area contributed by atoms with Gasteiger partial charge in [0.1, 0.15) is 10.5 Å². The van der Waals surface area contributed by atoms with Gasteiger partial charge in [-0.3, -0.25) is 0 Å². The largest absolute Gasteiger partial charge is 0.227 e. The molecule has 0 saturated heterocycles. The molecule has 0 aliphatic carbocycles. The summed E-state index contributed by atoms with van der Waals surface area (Å²) in [7, 11) is -3.68. The number of rotatable bonds is 6. The number of sulfone groups is 1. The minimum Gasteiger partial charge on any atom is -0.227 e. The van der Waals surface area contributed by atoms with Crippen molar-refractivity contribution in [2.24, 2.45) is 0 Å². The molecule has 4 aromatic rings. The molecule has 0 atom stereocenters. The highest BCUT2D eigenvalue weighted by Gasteiger charge is 2.38. The van der Waals surface area contributed by atoms with Gasteiger partial charge in [-0.05, 0) is 22.3 Å². The van der Waals surface area contributed by atoms with E-state index < -0.39 is 20.3 Å². The molecule has 0 unspecified atom stereocenters. The first kappa shape index (κ1) is 19.2. The summed E-state index contributed by atoms with van der Waals surface area (Å²) in [5, 5.41) is -1.51. The lowest BCUT2D eigenvalue weighted by Crippen LogP contribution is -2.23. The lowest BCUT2D eigenvalue weighted by atomic mass is 10.0. The Morgan fingerprint density at radius 3 is 0.793 bits per heavy atom. The SMILES string of the molecule is O=S(=O)(C(c1ccccc1)c1ccccc1)C(c1ccccc1)c1ccccc1. The average molecular weight is 399 g/mol. The van der Waals surface area contributed by atoms with Crippen LogP contribution in [-0.4, -0.2) is 8.42 Å². The standard InChI is InChI=1S/C26H22O2S/c27-29(28,25(21-13-5-1-6-14-21)22-15-7-2-8-16-22)26(23-17-9-3-10-18-23)24-19-11-4-12-20-24/h1-20,25-26H. The summed E-state index contributed by atoms with van der Waals surface area (Å²) in [5.41, 5.74) is 3.09. The molecule has 4 rings (SSSR count). The van der Waals surface area contributed by atoms with Crippen LogP contribution in [0.5, 0.6) is 0 Å². The zero-order valence-electron chi connectivity index (χ0n) is 15.9. The van der Waals surface area contributed by atoms with E-state index in [4.69, 9.17) is 0 Å². The van der Waals surface area contributed by atoms with Gasteiger partial charge >= 0.3 is 0 Å². The van der Waals surface area contributed by atoms with Crippen molar-refractivity contribution in [3.8, 4) is 0 Å². The third-order valence-corrected chi connectivity index (χ3v) is 7.47. The molecular weight excluding hydrogens is 376 g/mol. The molecule has 0 heterocycles. The molecular formula is C26H22O2S. The summed E-state index contributed by atoms with van der Waals surface area (Å²) >= 11 is 0. The van der Waals surface area contributed by atoms with Crippen LogP contribution in [0.25, 0.3) is 0 Å². The van der Waals surface area contributed by atoms with Crippen LogP contribution in [0.2, 0.25) is 0 Å².